The van der Waals surface area contributed by atoms with Crippen LogP contribution in [0.25, 0.3) is 0 Å². The number of anilines is 3. The lowest BCUT2D eigenvalue weighted by Gasteiger charge is -2.16. The van der Waals surface area contributed by atoms with E-state index in [-0.39, 0.29) is 5.91 Å². The van der Waals surface area contributed by atoms with Crippen molar-refractivity contribution >= 4 is 34.7 Å². The maximum atomic E-state index is 12.5. The molecule has 2 heterocycles. The van der Waals surface area contributed by atoms with Crippen molar-refractivity contribution in [2.75, 3.05) is 36.1 Å². The van der Waals surface area contributed by atoms with Gasteiger partial charge in [0.15, 0.2) is 0 Å². The van der Waals surface area contributed by atoms with Crippen molar-refractivity contribution in [3.8, 4) is 5.75 Å². The van der Waals surface area contributed by atoms with Crippen LogP contribution in [-0.2, 0) is 0 Å². The van der Waals surface area contributed by atoms with Crippen LogP contribution in [-0.4, -0.2) is 31.1 Å². The number of rotatable bonds is 4. The number of ether oxygens (including phenoxy) is 1. The van der Waals surface area contributed by atoms with E-state index in [0.29, 0.717) is 27.7 Å². The zero-order valence-corrected chi connectivity index (χ0v) is 14.1. The first-order valence-electron chi connectivity index (χ1n) is 7.74. The third-order valence-electron chi connectivity index (χ3n) is 4.00. The van der Waals surface area contributed by atoms with Gasteiger partial charge in [-0.3, -0.25) is 4.79 Å². The van der Waals surface area contributed by atoms with Crippen LogP contribution in [0.3, 0.4) is 0 Å². The summed E-state index contributed by atoms with van der Waals surface area (Å²) in [7, 11) is 1.48. The Morgan fingerprint density at radius 3 is 2.71 bits per heavy atom. The second-order valence-corrected chi connectivity index (χ2v) is 6.03. The summed E-state index contributed by atoms with van der Waals surface area (Å²) in [6.07, 6.45) is 4.03. The van der Waals surface area contributed by atoms with E-state index >= 15 is 0 Å². The molecule has 0 atom stereocenters. The molecular weight excluding hydrogens is 328 g/mol. The molecule has 0 bridgehead atoms. The minimum Gasteiger partial charge on any atom is -0.496 e. The molecule has 0 unspecified atom stereocenters. The Labute approximate surface area is 145 Å². The summed E-state index contributed by atoms with van der Waals surface area (Å²) >= 11 is 6.00. The molecule has 1 aliphatic heterocycles. The standard InChI is InChI=1S/C17H19ClN4O2/c1-24-15-9-14(19)13(18)8-12(15)17(23)21-11-4-5-16(20-10-11)22-6-2-3-7-22/h4-5,8-10H,2-3,6-7,19H2,1H3,(H,21,23). The van der Waals surface area contributed by atoms with Crippen LogP contribution >= 0.6 is 11.6 Å². The number of hydrogen-bond donors (Lipinski definition) is 2. The van der Waals surface area contributed by atoms with Crippen LogP contribution in [0.5, 0.6) is 5.75 Å². The van der Waals surface area contributed by atoms with E-state index < -0.39 is 0 Å². The molecule has 1 aliphatic rings. The lowest BCUT2D eigenvalue weighted by molar-refractivity contribution is 0.102. The van der Waals surface area contributed by atoms with Gasteiger partial charge >= 0.3 is 0 Å². The first-order chi connectivity index (χ1) is 11.6. The van der Waals surface area contributed by atoms with Crippen molar-refractivity contribution in [1.82, 2.24) is 4.98 Å². The van der Waals surface area contributed by atoms with Gasteiger partial charge in [0.05, 0.1) is 35.3 Å². The highest BCUT2D eigenvalue weighted by molar-refractivity contribution is 6.33. The van der Waals surface area contributed by atoms with Gasteiger partial charge in [0.1, 0.15) is 11.6 Å². The number of methoxy groups -OCH3 is 1. The molecule has 3 N–H and O–H groups in total. The number of carbonyl (C=O) groups is 1. The van der Waals surface area contributed by atoms with Gasteiger partial charge in [-0.25, -0.2) is 4.98 Å². The summed E-state index contributed by atoms with van der Waals surface area (Å²) in [6, 6.07) is 6.78. The van der Waals surface area contributed by atoms with Crippen LogP contribution in [0.2, 0.25) is 5.02 Å². The first-order valence-corrected chi connectivity index (χ1v) is 8.11. The third kappa shape index (κ3) is 3.38. The van der Waals surface area contributed by atoms with Gasteiger partial charge in [0.25, 0.3) is 5.91 Å². The Morgan fingerprint density at radius 1 is 1.33 bits per heavy atom. The molecule has 0 saturated carbocycles. The number of nitrogens with one attached hydrogen (secondary N) is 1. The second-order valence-electron chi connectivity index (χ2n) is 5.63. The Hall–Kier alpha value is -2.47. The fourth-order valence-electron chi connectivity index (χ4n) is 2.71. The van der Waals surface area contributed by atoms with E-state index in [1.54, 1.807) is 6.20 Å². The summed E-state index contributed by atoms with van der Waals surface area (Å²) < 4.78 is 5.20. The number of nitrogen functional groups attached to an aromatic ring is 1. The minimum atomic E-state index is -0.329. The maximum Gasteiger partial charge on any atom is 0.259 e. The SMILES string of the molecule is COc1cc(N)c(Cl)cc1C(=O)Nc1ccc(N2CCCC2)nc1. The van der Waals surface area contributed by atoms with Gasteiger partial charge < -0.3 is 20.7 Å². The molecule has 6 nitrogen and oxygen atoms in total. The molecule has 1 saturated heterocycles. The molecule has 24 heavy (non-hydrogen) atoms. The lowest BCUT2D eigenvalue weighted by atomic mass is 10.1. The van der Waals surface area contributed by atoms with Crippen LogP contribution in [0, 0.1) is 0 Å². The number of carbonyl (C=O) groups excluding carboxylic acids is 1. The van der Waals surface area contributed by atoms with Crippen LogP contribution < -0.4 is 20.7 Å². The fourth-order valence-corrected chi connectivity index (χ4v) is 2.87. The number of pyridine rings is 1. The number of nitrogens with zero attached hydrogens (tertiary/aromatic N) is 2. The smallest absolute Gasteiger partial charge is 0.259 e. The summed E-state index contributed by atoms with van der Waals surface area (Å²) in [5, 5.41) is 3.11. The van der Waals surface area contributed by atoms with E-state index in [9.17, 15) is 4.79 Å². The van der Waals surface area contributed by atoms with Crippen molar-refractivity contribution in [3.63, 3.8) is 0 Å². The molecule has 0 aliphatic carbocycles. The molecule has 1 aromatic heterocycles. The third-order valence-corrected chi connectivity index (χ3v) is 4.33. The maximum absolute atomic E-state index is 12.5. The van der Waals surface area contributed by atoms with Gasteiger partial charge in [0, 0.05) is 19.2 Å². The first kappa shape index (κ1) is 16.4. The van der Waals surface area contributed by atoms with Crippen molar-refractivity contribution in [3.05, 3.63) is 41.0 Å². The monoisotopic (exact) mass is 346 g/mol. The topological polar surface area (TPSA) is 80.5 Å². The molecule has 1 aromatic carbocycles. The predicted octanol–water partition coefficient (Wildman–Crippen LogP) is 3.18. The van der Waals surface area contributed by atoms with Crippen molar-refractivity contribution in [1.29, 1.82) is 0 Å². The van der Waals surface area contributed by atoms with Gasteiger partial charge in [-0.2, -0.15) is 0 Å². The number of hydrogen-bond acceptors (Lipinski definition) is 5. The number of amides is 1. The molecule has 7 heteroatoms. The summed E-state index contributed by atoms with van der Waals surface area (Å²) in [5.41, 5.74) is 7.03. The van der Waals surface area contributed by atoms with Gasteiger partial charge in [-0.05, 0) is 31.0 Å². The Kier molecular flexibility index (Phi) is 4.76. The van der Waals surface area contributed by atoms with Crippen LogP contribution in [0.4, 0.5) is 17.2 Å². The molecule has 0 spiro atoms. The van der Waals surface area contributed by atoms with Crippen LogP contribution in [0.15, 0.2) is 30.5 Å². The average Bonchev–Trinajstić information content (AvgIpc) is 3.12. The quantitative estimate of drug-likeness (QED) is 0.831. The fraction of sp³-hybridized carbons (Fsp3) is 0.294. The highest BCUT2D eigenvalue weighted by Gasteiger charge is 2.16. The van der Waals surface area contributed by atoms with Gasteiger partial charge in [-0.1, -0.05) is 11.6 Å². The number of aromatic nitrogens is 1. The summed E-state index contributed by atoms with van der Waals surface area (Å²) in [4.78, 5) is 19.1. The molecule has 2 aromatic rings. The highest BCUT2D eigenvalue weighted by Crippen LogP contribution is 2.29. The van der Waals surface area contributed by atoms with E-state index in [4.69, 9.17) is 22.1 Å². The van der Waals surface area contributed by atoms with Crippen molar-refractivity contribution in [2.45, 2.75) is 12.8 Å². The second kappa shape index (κ2) is 6.97. The van der Waals surface area contributed by atoms with Crippen LogP contribution in [0.1, 0.15) is 23.2 Å². The van der Waals surface area contributed by atoms with Gasteiger partial charge in [-0.15, -0.1) is 0 Å². The Morgan fingerprint density at radius 2 is 2.08 bits per heavy atom. The summed E-state index contributed by atoms with van der Waals surface area (Å²) in [6.45, 7) is 2.06. The molecule has 3 rings (SSSR count). The Bertz CT molecular complexity index is 743. The van der Waals surface area contributed by atoms with Crippen molar-refractivity contribution in [2.24, 2.45) is 0 Å². The van der Waals surface area contributed by atoms with E-state index in [1.807, 2.05) is 12.1 Å². The largest absolute Gasteiger partial charge is 0.496 e. The molecule has 126 valence electrons. The van der Waals surface area contributed by atoms with E-state index in [0.717, 1.165) is 18.9 Å². The van der Waals surface area contributed by atoms with E-state index in [1.165, 1.54) is 32.1 Å². The predicted molar refractivity (Wildman–Crippen MR) is 96.1 cm³/mol. The number of benzene rings is 1. The number of nitrogens with two attached hydrogens (primary N) is 1. The zero-order chi connectivity index (χ0) is 17.1. The lowest BCUT2D eigenvalue weighted by Crippen LogP contribution is -2.19. The van der Waals surface area contributed by atoms with Gasteiger partial charge in [0.2, 0.25) is 0 Å². The molecule has 1 amide bonds. The minimum absolute atomic E-state index is 0.309. The normalized spacial score (nSPS) is 13.8. The molecule has 1 fully saturated rings. The average molecular weight is 347 g/mol. The summed E-state index contributed by atoms with van der Waals surface area (Å²) in [5.74, 6) is 0.971. The highest BCUT2D eigenvalue weighted by atomic mass is 35.5. The van der Waals surface area contributed by atoms with E-state index in [2.05, 4.69) is 15.2 Å². The Balaban J connectivity index is 1.76. The van der Waals surface area contributed by atoms with Crippen molar-refractivity contribution < 1.29 is 9.53 Å². The molecule has 0 radical (unpaired) electrons. The molecular formula is C17H19ClN4O2. The number of halogens is 1. The zero-order valence-electron chi connectivity index (χ0n) is 13.4.